The number of aromatic nitrogens is 3. The molecule has 27 heavy (non-hydrogen) atoms. The molecule has 0 fully saturated rings. The van der Waals surface area contributed by atoms with Gasteiger partial charge in [-0.05, 0) is 60.5 Å². The first-order chi connectivity index (χ1) is 13.1. The topological polar surface area (TPSA) is 59.8 Å². The number of fused-ring (bicyclic) bond motifs is 1. The summed E-state index contributed by atoms with van der Waals surface area (Å²) in [6.45, 7) is 2.51. The van der Waals surface area contributed by atoms with Crippen LogP contribution < -0.4 is 5.32 Å². The Morgan fingerprint density at radius 1 is 1.07 bits per heavy atom. The highest BCUT2D eigenvalue weighted by atomic mass is 35.5. The number of hydrogen-bond donors (Lipinski definition) is 1. The lowest BCUT2D eigenvalue weighted by molar-refractivity contribution is 0.102. The molecule has 5 nitrogen and oxygen atoms in total. The molecule has 0 atom stereocenters. The van der Waals surface area contributed by atoms with Crippen molar-refractivity contribution in [1.82, 2.24) is 15.0 Å². The first-order valence-corrected chi connectivity index (χ1v) is 8.92. The zero-order chi connectivity index (χ0) is 18.8. The van der Waals surface area contributed by atoms with E-state index >= 15 is 0 Å². The van der Waals surface area contributed by atoms with Gasteiger partial charge in [-0.1, -0.05) is 41.1 Å². The van der Waals surface area contributed by atoms with Crippen LogP contribution in [0.1, 0.15) is 21.5 Å². The van der Waals surface area contributed by atoms with Crippen molar-refractivity contribution in [3.63, 3.8) is 0 Å². The summed E-state index contributed by atoms with van der Waals surface area (Å²) in [5, 5.41) is 11.9. The molecular formula is C21H17ClN4O. The number of hydrogen-bond acceptors (Lipinski definition) is 3. The summed E-state index contributed by atoms with van der Waals surface area (Å²) >= 11 is 5.96. The van der Waals surface area contributed by atoms with Crippen molar-refractivity contribution in [3.05, 3.63) is 88.4 Å². The van der Waals surface area contributed by atoms with Gasteiger partial charge in [0.1, 0.15) is 5.52 Å². The molecule has 0 saturated carbocycles. The lowest BCUT2D eigenvalue weighted by Crippen LogP contribution is -2.13. The minimum Gasteiger partial charge on any atom is -0.322 e. The molecule has 1 N–H and O–H groups in total. The Morgan fingerprint density at radius 3 is 2.63 bits per heavy atom. The maximum absolute atomic E-state index is 12.5. The van der Waals surface area contributed by atoms with Crippen molar-refractivity contribution in [2.45, 2.75) is 13.5 Å². The molecule has 3 aromatic carbocycles. The molecule has 134 valence electrons. The van der Waals surface area contributed by atoms with E-state index in [9.17, 15) is 4.79 Å². The second-order valence-corrected chi connectivity index (χ2v) is 6.78. The van der Waals surface area contributed by atoms with E-state index in [0.29, 0.717) is 17.1 Å². The average molecular weight is 377 g/mol. The highest BCUT2D eigenvalue weighted by Gasteiger charge is 2.09. The zero-order valence-corrected chi connectivity index (χ0v) is 15.4. The van der Waals surface area contributed by atoms with E-state index in [1.54, 1.807) is 12.1 Å². The average Bonchev–Trinajstić information content (AvgIpc) is 3.08. The van der Waals surface area contributed by atoms with Gasteiger partial charge in [0.15, 0.2) is 0 Å². The number of rotatable bonds is 4. The molecule has 0 bridgehead atoms. The quantitative estimate of drug-likeness (QED) is 0.562. The van der Waals surface area contributed by atoms with E-state index in [-0.39, 0.29) is 5.91 Å². The minimum absolute atomic E-state index is 0.154. The first-order valence-electron chi connectivity index (χ1n) is 8.55. The van der Waals surface area contributed by atoms with Crippen LogP contribution >= 0.6 is 11.6 Å². The van der Waals surface area contributed by atoms with E-state index in [4.69, 9.17) is 11.6 Å². The molecule has 6 heteroatoms. The van der Waals surface area contributed by atoms with Gasteiger partial charge in [-0.3, -0.25) is 4.79 Å². The third-order valence-corrected chi connectivity index (χ3v) is 4.64. The summed E-state index contributed by atoms with van der Waals surface area (Å²) in [5.41, 5.74) is 5.17. The fraction of sp³-hybridized carbons (Fsp3) is 0.0952. The molecule has 0 aliphatic heterocycles. The molecule has 1 heterocycles. The predicted octanol–water partition coefficient (Wildman–Crippen LogP) is 4.69. The third kappa shape index (κ3) is 3.68. The number of para-hydroxylation sites is 1. The normalized spacial score (nSPS) is 10.9. The van der Waals surface area contributed by atoms with Crippen molar-refractivity contribution in [1.29, 1.82) is 0 Å². The Morgan fingerprint density at radius 2 is 1.85 bits per heavy atom. The smallest absolute Gasteiger partial charge is 0.255 e. The Kier molecular flexibility index (Phi) is 4.60. The van der Waals surface area contributed by atoms with Gasteiger partial charge >= 0.3 is 0 Å². The molecule has 1 amide bonds. The number of anilines is 1. The predicted molar refractivity (Wildman–Crippen MR) is 107 cm³/mol. The maximum Gasteiger partial charge on any atom is 0.255 e. The highest BCUT2D eigenvalue weighted by Crippen LogP contribution is 2.20. The Labute approximate surface area is 161 Å². The van der Waals surface area contributed by atoms with Gasteiger partial charge in [-0.25, -0.2) is 4.68 Å². The van der Waals surface area contributed by atoms with Gasteiger partial charge in [-0.15, -0.1) is 5.10 Å². The lowest BCUT2D eigenvalue weighted by Gasteiger charge is -2.09. The molecule has 0 unspecified atom stereocenters. The maximum atomic E-state index is 12.5. The number of halogens is 1. The number of nitrogens with one attached hydrogen (secondary N) is 1. The fourth-order valence-electron chi connectivity index (χ4n) is 2.93. The van der Waals surface area contributed by atoms with Crippen LogP contribution in [0.25, 0.3) is 11.0 Å². The van der Waals surface area contributed by atoms with Crippen LogP contribution in [-0.4, -0.2) is 20.9 Å². The van der Waals surface area contributed by atoms with Crippen LogP contribution in [0.2, 0.25) is 5.02 Å². The SMILES string of the molecule is Cc1cc(Cl)ccc1NC(=O)c1ccc(Cn2nnc3ccccc32)cc1. The number of amides is 1. The van der Waals surface area contributed by atoms with Crippen LogP contribution in [-0.2, 0) is 6.54 Å². The molecule has 0 radical (unpaired) electrons. The summed E-state index contributed by atoms with van der Waals surface area (Å²) in [4.78, 5) is 12.5. The van der Waals surface area contributed by atoms with Crippen LogP contribution in [0.3, 0.4) is 0 Å². The van der Waals surface area contributed by atoms with Gasteiger partial charge in [-0.2, -0.15) is 0 Å². The third-order valence-electron chi connectivity index (χ3n) is 4.41. The van der Waals surface area contributed by atoms with Crippen molar-refractivity contribution in [2.75, 3.05) is 5.32 Å². The largest absolute Gasteiger partial charge is 0.322 e. The summed E-state index contributed by atoms with van der Waals surface area (Å²) < 4.78 is 1.85. The molecule has 1 aromatic heterocycles. The van der Waals surface area contributed by atoms with Gasteiger partial charge < -0.3 is 5.32 Å². The van der Waals surface area contributed by atoms with Crippen molar-refractivity contribution < 1.29 is 4.79 Å². The Bertz CT molecular complexity index is 1120. The monoisotopic (exact) mass is 376 g/mol. The molecule has 4 rings (SSSR count). The summed E-state index contributed by atoms with van der Waals surface area (Å²) in [6.07, 6.45) is 0. The van der Waals surface area contributed by atoms with Gasteiger partial charge in [0, 0.05) is 16.3 Å². The second kappa shape index (κ2) is 7.21. The Balaban J connectivity index is 1.49. The second-order valence-electron chi connectivity index (χ2n) is 6.35. The van der Waals surface area contributed by atoms with E-state index in [2.05, 4.69) is 15.6 Å². The van der Waals surface area contributed by atoms with Crippen molar-refractivity contribution in [2.24, 2.45) is 0 Å². The highest BCUT2D eigenvalue weighted by molar-refractivity contribution is 6.30. The molecule has 0 saturated heterocycles. The number of nitrogens with zero attached hydrogens (tertiary/aromatic N) is 3. The Hall–Kier alpha value is -3.18. The lowest BCUT2D eigenvalue weighted by atomic mass is 10.1. The number of carbonyl (C=O) groups is 1. The number of benzene rings is 3. The van der Waals surface area contributed by atoms with Crippen LogP contribution in [0.5, 0.6) is 0 Å². The van der Waals surface area contributed by atoms with Gasteiger partial charge in [0.25, 0.3) is 5.91 Å². The van der Waals surface area contributed by atoms with Crippen LogP contribution in [0.15, 0.2) is 66.7 Å². The van der Waals surface area contributed by atoms with E-state index in [0.717, 1.165) is 27.8 Å². The molecule has 0 aliphatic carbocycles. The van der Waals surface area contributed by atoms with Crippen molar-refractivity contribution >= 4 is 34.2 Å². The van der Waals surface area contributed by atoms with E-state index < -0.39 is 0 Å². The molecule has 0 spiro atoms. The fourth-order valence-corrected chi connectivity index (χ4v) is 3.16. The minimum atomic E-state index is -0.154. The molecule has 0 aliphatic rings. The standard InChI is InChI=1S/C21H17ClN4O/c1-14-12-17(22)10-11-18(14)23-21(27)16-8-6-15(7-9-16)13-26-20-5-3-2-4-19(20)24-25-26/h2-12H,13H2,1H3,(H,23,27). The summed E-state index contributed by atoms with van der Waals surface area (Å²) in [7, 11) is 0. The van der Waals surface area contributed by atoms with Crippen LogP contribution in [0, 0.1) is 6.92 Å². The van der Waals surface area contributed by atoms with Gasteiger partial charge in [0.2, 0.25) is 0 Å². The summed E-state index contributed by atoms with van der Waals surface area (Å²) in [5.74, 6) is -0.154. The van der Waals surface area contributed by atoms with E-state index in [1.807, 2.05) is 66.2 Å². The molecular weight excluding hydrogens is 360 g/mol. The van der Waals surface area contributed by atoms with E-state index in [1.165, 1.54) is 0 Å². The van der Waals surface area contributed by atoms with Crippen LogP contribution in [0.4, 0.5) is 5.69 Å². The van der Waals surface area contributed by atoms with Crippen molar-refractivity contribution in [3.8, 4) is 0 Å². The molecule has 4 aromatic rings. The zero-order valence-electron chi connectivity index (χ0n) is 14.7. The first kappa shape index (κ1) is 17.2. The number of aryl methyl sites for hydroxylation is 1. The summed E-state index contributed by atoms with van der Waals surface area (Å²) in [6, 6.07) is 20.7. The van der Waals surface area contributed by atoms with Gasteiger partial charge in [0.05, 0.1) is 12.1 Å². The number of carbonyl (C=O) groups excluding carboxylic acids is 1.